The van der Waals surface area contributed by atoms with Crippen LogP contribution >= 0.6 is 0 Å². The molecule has 9 heteroatoms. The Hall–Kier alpha value is -4.42. The second-order valence-corrected chi connectivity index (χ2v) is 8.98. The molecule has 0 spiro atoms. The molecule has 1 saturated heterocycles. The van der Waals surface area contributed by atoms with Crippen LogP contribution in [0.5, 0.6) is 11.5 Å². The highest BCUT2D eigenvalue weighted by Crippen LogP contribution is 2.23. The van der Waals surface area contributed by atoms with E-state index in [0.29, 0.717) is 23.7 Å². The number of guanidine groups is 1. The van der Waals surface area contributed by atoms with Crippen molar-refractivity contribution in [2.45, 2.75) is 25.3 Å². The van der Waals surface area contributed by atoms with E-state index in [2.05, 4.69) is 25.8 Å². The molecule has 8 nitrogen and oxygen atoms in total. The lowest BCUT2D eigenvalue weighted by Gasteiger charge is -2.22. The van der Waals surface area contributed by atoms with E-state index in [1.807, 2.05) is 36.5 Å². The van der Waals surface area contributed by atoms with Crippen molar-refractivity contribution in [1.82, 2.24) is 15.5 Å². The smallest absolute Gasteiger partial charge is 0.222 e. The SMILES string of the molecule is N#C/N=C(\Nc1ccc(Oc2ccc(F)cc2)cc1)NC(CC(=O)NCCN1CCCC1)c1ccccc1. The molecule has 1 aliphatic rings. The molecule has 0 radical (unpaired) electrons. The van der Waals surface area contributed by atoms with E-state index in [9.17, 15) is 14.4 Å². The molecule has 1 amide bonds. The molecule has 3 aromatic carbocycles. The molecule has 0 aromatic heterocycles. The summed E-state index contributed by atoms with van der Waals surface area (Å²) in [5.41, 5.74) is 1.57. The first-order valence-electron chi connectivity index (χ1n) is 12.7. The van der Waals surface area contributed by atoms with Gasteiger partial charge in [0.15, 0.2) is 0 Å². The van der Waals surface area contributed by atoms with Gasteiger partial charge in [-0.25, -0.2) is 4.39 Å². The number of amides is 1. The third-order valence-corrected chi connectivity index (χ3v) is 6.18. The molecule has 1 heterocycles. The zero-order valence-electron chi connectivity index (χ0n) is 21.1. The summed E-state index contributed by atoms with van der Waals surface area (Å²) in [6, 6.07) is 22.0. The summed E-state index contributed by atoms with van der Waals surface area (Å²) < 4.78 is 18.8. The van der Waals surface area contributed by atoms with Gasteiger partial charge in [-0.1, -0.05) is 30.3 Å². The number of carbonyl (C=O) groups is 1. The van der Waals surface area contributed by atoms with Crippen molar-refractivity contribution < 1.29 is 13.9 Å². The van der Waals surface area contributed by atoms with Crippen molar-refractivity contribution in [2.24, 2.45) is 4.99 Å². The molecule has 38 heavy (non-hydrogen) atoms. The highest BCUT2D eigenvalue weighted by atomic mass is 19.1. The van der Waals surface area contributed by atoms with Crippen molar-refractivity contribution in [3.63, 3.8) is 0 Å². The fourth-order valence-electron chi connectivity index (χ4n) is 4.25. The van der Waals surface area contributed by atoms with Crippen LogP contribution in [-0.2, 0) is 4.79 Å². The number of nitrogens with one attached hydrogen (secondary N) is 3. The second-order valence-electron chi connectivity index (χ2n) is 8.98. The van der Waals surface area contributed by atoms with Crippen molar-refractivity contribution in [1.29, 1.82) is 5.26 Å². The van der Waals surface area contributed by atoms with E-state index >= 15 is 0 Å². The summed E-state index contributed by atoms with van der Waals surface area (Å²) >= 11 is 0. The Kier molecular flexibility index (Phi) is 9.65. The summed E-state index contributed by atoms with van der Waals surface area (Å²) in [4.78, 5) is 19.0. The standard InChI is InChI=1S/C29H31FN6O2/c30-23-8-12-25(13-9-23)38-26-14-10-24(11-15-26)34-29(33-21-31)35-27(22-6-2-1-3-7-22)20-28(37)32-16-19-36-17-4-5-18-36/h1-3,6-15,27H,4-5,16-20H2,(H,32,37)(H2,33,34,35). The van der Waals surface area contributed by atoms with Gasteiger partial charge in [-0.3, -0.25) is 4.79 Å². The molecule has 3 N–H and O–H groups in total. The van der Waals surface area contributed by atoms with Crippen LogP contribution in [0.1, 0.15) is 30.9 Å². The Morgan fingerprint density at radius 3 is 2.32 bits per heavy atom. The van der Waals surface area contributed by atoms with Gasteiger partial charge in [0.25, 0.3) is 0 Å². The second kappa shape index (κ2) is 13.8. The lowest BCUT2D eigenvalue weighted by atomic mass is 10.0. The molecule has 3 aromatic rings. The third-order valence-electron chi connectivity index (χ3n) is 6.18. The highest BCUT2D eigenvalue weighted by Gasteiger charge is 2.19. The Morgan fingerprint density at radius 2 is 1.66 bits per heavy atom. The molecule has 1 aliphatic heterocycles. The molecule has 1 unspecified atom stereocenters. The quantitative estimate of drug-likeness (QED) is 0.204. The van der Waals surface area contributed by atoms with Gasteiger partial charge in [0.05, 0.1) is 12.5 Å². The minimum Gasteiger partial charge on any atom is -0.457 e. The number of likely N-dealkylation sites (tertiary alicyclic amines) is 1. The van der Waals surface area contributed by atoms with Crippen LogP contribution in [0.2, 0.25) is 0 Å². The predicted octanol–water partition coefficient (Wildman–Crippen LogP) is 4.80. The summed E-state index contributed by atoms with van der Waals surface area (Å²) in [5.74, 6) is 0.899. The summed E-state index contributed by atoms with van der Waals surface area (Å²) in [5, 5.41) is 18.6. The number of hydrogen-bond acceptors (Lipinski definition) is 5. The van der Waals surface area contributed by atoms with Gasteiger partial charge in [-0.15, -0.1) is 4.99 Å². The Balaban J connectivity index is 1.38. The van der Waals surface area contributed by atoms with Crippen molar-refractivity contribution in [2.75, 3.05) is 31.5 Å². The van der Waals surface area contributed by atoms with Crippen molar-refractivity contribution in [3.8, 4) is 17.7 Å². The van der Waals surface area contributed by atoms with Crippen LogP contribution in [-0.4, -0.2) is 42.9 Å². The monoisotopic (exact) mass is 514 g/mol. The number of benzene rings is 3. The van der Waals surface area contributed by atoms with Gasteiger partial charge >= 0.3 is 0 Å². The highest BCUT2D eigenvalue weighted by molar-refractivity contribution is 5.94. The minimum absolute atomic E-state index is 0.0795. The van der Waals surface area contributed by atoms with Crippen LogP contribution in [0.25, 0.3) is 0 Å². The summed E-state index contributed by atoms with van der Waals surface area (Å²) in [6.45, 7) is 3.62. The van der Waals surface area contributed by atoms with Gasteiger partial charge in [-0.05, 0) is 80.0 Å². The first kappa shape index (κ1) is 26.6. The maximum absolute atomic E-state index is 13.1. The van der Waals surface area contributed by atoms with Crippen LogP contribution in [0.15, 0.2) is 83.9 Å². The lowest BCUT2D eigenvalue weighted by Crippen LogP contribution is -2.39. The van der Waals surface area contributed by atoms with Crippen LogP contribution in [0, 0.1) is 17.3 Å². The molecule has 1 fully saturated rings. The van der Waals surface area contributed by atoms with E-state index in [0.717, 1.165) is 25.2 Å². The van der Waals surface area contributed by atoms with Crippen LogP contribution in [0.4, 0.5) is 10.1 Å². The molecule has 1 atom stereocenters. The topological polar surface area (TPSA) is 102 Å². The van der Waals surface area contributed by atoms with Crippen molar-refractivity contribution in [3.05, 3.63) is 90.2 Å². The maximum Gasteiger partial charge on any atom is 0.222 e. The predicted molar refractivity (Wildman–Crippen MR) is 145 cm³/mol. The normalized spacial score (nSPS) is 14.4. The van der Waals surface area contributed by atoms with Gasteiger partial charge in [0.1, 0.15) is 17.3 Å². The first-order valence-corrected chi connectivity index (χ1v) is 12.7. The number of aliphatic imine (C=N–C) groups is 1. The van der Waals surface area contributed by atoms with Crippen LogP contribution < -0.4 is 20.7 Å². The summed E-state index contributed by atoms with van der Waals surface area (Å²) in [6.07, 6.45) is 4.42. The number of nitrogens with zero attached hydrogens (tertiary/aromatic N) is 3. The number of halogens is 1. The molecule has 0 saturated carbocycles. The minimum atomic E-state index is -0.399. The first-order chi connectivity index (χ1) is 18.6. The Labute approximate surface area is 222 Å². The maximum atomic E-state index is 13.1. The molecular weight excluding hydrogens is 483 g/mol. The van der Waals surface area contributed by atoms with E-state index < -0.39 is 6.04 Å². The lowest BCUT2D eigenvalue weighted by molar-refractivity contribution is -0.121. The van der Waals surface area contributed by atoms with E-state index in [1.54, 1.807) is 36.4 Å². The number of anilines is 1. The number of hydrogen-bond donors (Lipinski definition) is 3. The van der Waals surface area contributed by atoms with Gasteiger partial charge < -0.3 is 25.6 Å². The number of rotatable bonds is 10. The largest absolute Gasteiger partial charge is 0.457 e. The molecular formula is C29H31FN6O2. The van der Waals surface area contributed by atoms with E-state index in [4.69, 9.17) is 4.74 Å². The zero-order valence-corrected chi connectivity index (χ0v) is 21.1. The molecule has 196 valence electrons. The Morgan fingerprint density at radius 1 is 1.00 bits per heavy atom. The van der Waals surface area contributed by atoms with E-state index in [1.165, 1.54) is 25.0 Å². The fourth-order valence-corrected chi connectivity index (χ4v) is 4.25. The van der Waals surface area contributed by atoms with Gasteiger partial charge in [0.2, 0.25) is 18.1 Å². The number of ether oxygens (including phenoxy) is 1. The number of nitriles is 1. The molecule has 0 aliphatic carbocycles. The molecule has 4 rings (SSSR count). The Bertz CT molecular complexity index is 1240. The summed E-state index contributed by atoms with van der Waals surface area (Å²) in [7, 11) is 0. The average molecular weight is 515 g/mol. The van der Waals surface area contributed by atoms with E-state index in [-0.39, 0.29) is 24.1 Å². The van der Waals surface area contributed by atoms with Gasteiger partial charge in [-0.2, -0.15) is 5.26 Å². The average Bonchev–Trinajstić information content (AvgIpc) is 3.45. The molecule has 0 bridgehead atoms. The third kappa shape index (κ3) is 8.32. The van der Waals surface area contributed by atoms with Gasteiger partial charge in [0, 0.05) is 18.8 Å². The fraction of sp³-hybridized carbons (Fsp3) is 0.276. The zero-order chi connectivity index (χ0) is 26.6. The van der Waals surface area contributed by atoms with Crippen molar-refractivity contribution >= 4 is 17.6 Å². The number of carbonyl (C=O) groups excluding carboxylic acids is 1. The van der Waals surface area contributed by atoms with Crippen LogP contribution in [0.3, 0.4) is 0 Å².